The van der Waals surface area contributed by atoms with E-state index in [1.54, 1.807) is 13.8 Å². The zero-order chi connectivity index (χ0) is 14.8. The number of methoxy groups -OCH3 is 1. The Labute approximate surface area is 113 Å². The number of carbonyl (C=O) groups excluding carboxylic acids is 1. The maximum absolute atomic E-state index is 12.3. The molecule has 19 heavy (non-hydrogen) atoms. The molecule has 0 bridgehead atoms. The van der Waals surface area contributed by atoms with E-state index in [4.69, 9.17) is 9.84 Å². The lowest BCUT2D eigenvalue weighted by Crippen LogP contribution is -2.57. The molecule has 7 nitrogen and oxygen atoms in total. The van der Waals surface area contributed by atoms with E-state index >= 15 is 0 Å². The Morgan fingerprint density at radius 3 is 2.63 bits per heavy atom. The first kappa shape index (κ1) is 16.4. The summed E-state index contributed by atoms with van der Waals surface area (Å²) in [5, 5.41) is 7.89. The first-order valence-electron chi connectivity index (χ1n) is 5.99. The molecule has 1 heterocycles. The SMILES string of the molecule is COC(=O)C(C)S(=O)(=O)N1CC(CO)OC(C)(C)C1. The van der Waals surface area contributed by atoms with Crippen molar-refractivity contribution >= 4 is 16.0 Å². The number of hydrogen-bond acceptors (Lipinski definition) is 6. The molecule has 8 heteroatoms. The second-order valence-electron chi connectivity index (χ2n) is 5.18. The summed E-state index contributed by atoms with van der Waals surface area (Å²) >= 11 is 0. The van der Waals surface area contributed by atoms with Gasteiger partial charge in [0.05, 0.1) is 25.4 Å². The highest BCUT2D eigenvalue weighted by Gasteiger charge is 2.42. The Kier molecular flexibility index (Phi) is 4.94. The van der Waals surface area contributed by atoms with Crippen LogP contribution in [0.1, 0.15) is 20.8 Å². The zero-order valence-corrected chi connectivity index (χ0v) is 12.4. The Morgan fingerprint density at radius 2 is 2.16 bits per heavy atom. The number of sulfonamides is 1. The molecule has 0 aromatic carbocycles. The van der Waals surface area contributed by atoms with Gasteiger partial charge in [-0.3, -0.25) is 4.79 Å². The highest BCUT2D eigenvalue weighted by atomic mass is 32.2. The van der Waals surface area contributed by atoms with E-state index in [0.29, 0.717) is 0 Å². The molecule has 0 aliphatic carbocycles. The molecule has 1 aliphatic heterocycles. The number of aliphatic hydroxyl groups excluding tert-OH is 1. The highest BCUT2D eigenvalue weighted by molar-refractivity contribution is 7.90. The minimum atomic E-state index is -3.82. The van der Waals surface area contributed by atoms with Gasteiger partial charge in [0, 0.05) is 13.1 Å². The molecule has 1 rings (SSSR count). The Bertz CT molecular complexity index is 432. The van der Waals surface area contributed by atoms with Crippen LogP contribution in [0.25, 0.3) is 0 Å². The van der Waals surface area contributed by atoms with Gasteiger partial charge in [-0.2, -0.15) is 4.31 Å². The second-order valence-corrected chi connectivity index (χ2v) is 7.44. The molecule has 2 atom stereocenters. The van der Waals surface area contributed by atoms with Gasteiger partial charge in [0.1, 0.15) is 0 Å². The molecule has 0 aromatic rings. The molecule has 0 saturated carbocycles. The molecular formula is C11H21NO6S. The Balaban J connectivity index is 2.97. The fourth-order valence-corrected chi connectivity index (χ4v) is 3.69. The highest BCUT2D eigenvalue weighted by Crippen LogP contribution is 2.24. The summed E-state index contributed by atoms with van der Waals surface area (Å²) in [7, 11) is -2.67. The van der Waals surface area contributed by atoms with Gasteiger partial charge < -0.3 is 14.6 Å². The lowest BCUT2D eigenvalue weighted by molar-refractivity contribution is -0.141. The van der Waals surface area contributed by atoms with Crippen LogP contribution in [0, 0.1) is 0 Å². The number of nitrogens with zero attached hydrogens (tertiary/aromatic N) is 1. The van der Waals surface area contributed by atoms with Crippen LogP contribution < -0.4 is 0 Å². The second kappa shape index (κ2) is 5.74. The van der Waals surface area contributed by atoms with Gasteiger partial charge >= 0.3 is 5.97 Å². The summed E-state index contributed by atoms with van der Waals surface area (Å²) in [6.07, 6.45) is -0.594. The van der Waals surface area contributed by atoms with E-state index in [1.165, 1.54) is 11.2 Å². The molecule has 2 unspecified atom stereocenters. The molecule has 0 aromatic heterocycles. The lowest BCUT2D eigenvalue weighted by atomic mass is 10.1. The minimum Gasteiger partial charge on any atom is -0.468 e. The van der Waals surface area contributed by atoms with E-state index in [2.05, 4.69) is 4.74 Å². The number of ether oxygens (including phenoxy) is 2. The normalized spacial score (nSPS) is 25.8. The van der Waals surface area contributed by atoms with Crippen LogP contribution in [0.5, 0.6) is 0 Å². The van der Waals surface area contributed by atoms with E-state index in [9.17, 15) is 13.2 Å². The molecule has 112 valence electrons. The standard InChI is InChI=1S/C11H21NO6S/c1-8(10(14)17-4)19(15,16)12-5-9(6-13)18-11(2,3)7-12/h8-9,13H,5-7H2,1-4H3. The van der Waals surface area contributed by atoms with Crippen molar-refractivity contribution in [3.63, 3.8) is 0 Å². The molecule has 0 amide bonds. The average Bonchev–Trinajstić information content (AvgIpc) is 2.34. The van der Waals surface area contributed by atoms with Crippen LogP contribution in [0.2, 0.25) is 0 Å². The first-order chi connectivity index (χ1) is 8.64. The number of hydrogen-bond donors (Lipinski definition) is 1. The molecule has 1 aliphatic rings. The summed E-state index contributed by atoms with van der Waals surface area (Å²) in [5.74, 6) is -0.801. The van der Waals surface area contributed by atoms with Crippen LogP contribution in [0.15, 0.2) is 0 Å². The summed E-state index contributed by atoms with van der Waals surface area (Å²) in [6.45, 7) is 4.65. The number of aliphatic hydroxyl groups is 1. The van der Waals surface area contributed by atoms with Crippen LogP contribution >= 0.6 is 0 Å². The molecule has 1 fully saturated rings. The van der Waals surface area contributed by atoms with Crippen LogP contribution in [-0.4, -0.2) is 67.6 Å². The zero-order valence-electron chi connectivity index (χ0n) is 11.6. The van der Waals surface area contributed by atoms with Gasteiger partial charge in [0.2, 0.25) is 10.0 Å². The van der Waals surface area contributed by atoms with Crippen LogP contribution in [0.4, 0.5) is 0 Å². The van der Waals surface area contributed by atoms with Crippen molar-refractivity contribution in [3.05, 3.63) is 0 Å². The summed E-state index contributed by atoms with van der Waals surface area (Å²) in [4.78, 5) is 11.4. The van der Waals surface area contributed by atoms with Crippen molar-refractivity contribution in [2.45, 2.75) is 37.7 Å². The quantitative estimate of drug-likeness (QED) is 0.693. The number of morpholine rings is 1. The van der Waals surface area contributed by atoms with Crippen molar-refractivity contribution in [1.29, 1.82) is 0 Å². The van der Waals surface area contributed by atoms with Gasteiger partial charge in [-0.15, -0.1) is 0 Å². The first-order valence-corrected chi connectivity index (χ1v) is 7.50. The summed E-state index contributed by atoms with van der Waals surface area (Å²) in [5.41, 5.74) is -0.714. The van der Waals surface area contributed by atoms with E-state index in [-0.39, 0.29) is 19.7 Å². The van der Waals surface area contributed by atoms with Gasteiger partial charge in [-0.25, -0.2) is 8.42 Å². The van der Waals surface area contributed by atoms with Crippen LogP contribution in [-0.2, 0) is 24.3 Å². The number of carbonyl (C=O) groups is 1. The smallest absolute Gasteiger partial charge is 0.325 e. The third-order valence-electron chi connectivity index (χ3n) is 2.99. The Morgan fingerprint density at radius 1 is 1.58 bits per heavy atom. The third kappa shape index (κ3) is 3.65. The van der Waals surface area contributed by atoms with E-state index in [0.717, 1.165) is 7.11 Å². The molecular weight excluding hydrogens is 274 g/mol. The van der Waals surface area contributed by atoms with Gasteiger partial charge in [-0.1, -0.05) is 0 Å². The van der Waals surface area contributed by atoms with Crippen molar-refractivity contribution < 1.29 is 27.8 Å². The maximum Gasteiger partial charge on any atom is 0.325 e. The summed E-state index contributed by atoms with van der Waals surface area (Å²) < 4.78 is 35.8. The fraction of sp³-hybridized carbons (Fsp3) is 0.909. The summed E-state index contributed by atoms with van der Waals surface area (Å²) in [6, 6.07) is 0. The fourth-order valence-electron chi connectivity index (χ4n) is 2.04. The van der Waals surface area contributed by atoms with Crippen molar-refractivity contribution in [1.82, 2.24) is 4.31 Å². The predicted molar refractivity (Wildman–Crippen MR) is 68.0 cm³/mol. The number of esters is 1. The van der Waals surface area contributed by atoms with Crippen molar-refractivity contribution in [2.75, 3.05) is 26.8 Å². The minimum absolute atomic E-state index is 0.0313. The van der Waals surface area contributed by atoms with Gasteiger partial charge in [0.15, 0.2) is 5.25 Å². The van der Waals surface area contributed by atoms with E-state index < -0.39 is 32.9 Å². The average molecular weight is 295 g/mol. The van der Waals surface area contributed by atoms with Gasteiger partial charge in [-0.05, 0) is 20.8 Å². The monoisotopic (exact) mass is 295 g/mol. The van der Waals surface area contributed by atoms with Crippen molar-refractivity contribution in [2.24, 2.45) is 0 Å². The predicted octanol–water partition coefficient (Wildman–Crippen LogP) is -0.651. The molecule has 1 N–H and O–H groups in total. The van der Waals surface area contributed by atoms with Crippen molar-refractivity contribution in [3.8, 4) is 0 Å². The maximum atomic E-state index is 12.3. The Hall–Kier alpha value is -0.700. The van der Waals surface area contributed by atoms with Gasteiger partial charge in [0.25, 0.3) is 0 Å². The lowest BCUT2D eigenvalue weighted by Gasteiger charge is -2.42. The van der Waals surface area contributed by atoms with Crippen LogP contribution in [0.3, 0.4) is 0 Å². The molecule has 0 spiro atoms. The third-order valence-corrected chi connectivity index (χ3v) is 5.08. The largest absolute Gasteiger partial charge is 0.468 e. The topological polar surface area (TPSA) is 93.1 Å². The van der Waals surface area contributed by atoms with E-state index in [1.807, 2.05) is 0 Å². The molecule has 1 saturated heterocycles. The molecule has 0 radical (unpaired) electrons. The number of rotatable bonds is 4.